The third kappa shape index (κ3) is 3.41. The van der Waals surface area contributed by atoms with Gasteiger partial charge in [-0.3, -0.25) is 0 Å². The summed E-state index contributed by atoms with van der Waals surface area (Å²) in [6, 6.07) is 13.5. The highest BCUT2D eigenvalue weighted by atomic mass is 35.5. The minimum Gasteiger partial charge on any atom is -0.403 e. The lowest BCUT2D eigenvalue weighted by atomic mass is 10.1. The Morgan fingerprint density at radius 1 is 1.07 bits per heavy atom. The summed E-state index contributed by atoms with van der Waals surface area (Å²) in [6.45, 7) is 7.07. The predicted molar refractivity (Wildman–Crippen MR) is 110 cm³/mol. The number of hydrogen-bond acceptors (Lipinski definition) is 5. The molecule has 0 saturated heterocycles. The van der Waals surface area contributed by atoms with Crippen LogP contribution in [0.3, 0.4) is 0 Å². The molecule has 0 fully saturated rings. The number of nitrogens with one attached hydrogen (secondary N) is 1. The smallest absolute Gasteiger partial charge is 0.345 e. The first-order chi connectivity index (χ1) is 13.5. The minimum atomic E-state index is -0.609. The fraction of sp³-hybridized carbons (Fsp3) is 0. The molecule has 2 aromatic heterocycles. The molecular weight excluding hydrogens is 399 g/mol. The SMILES string of the molecule is [C-]#[N+]c1cccc(Nc2ncc3cc(-c4c(Cl)cccc4Cl)c(=O)oc3n2)c1. The van der Waals surface area contributed by atoms with Crippen molar-refractivity contribution in [2.45, 2.75) is 0 Å². The van der Waals surface area contributed by atoms with Crippen LogP contribution in [0.15, 0.2) is 63.9 Å². The molecule has 0 amide bonds. The van der Waals surface area contributed by atoms with E-state index in [0.29, 0.717) is 32.4 Å². The first-order valence-corrected chi connectivity index (χ1v) is 8.80. The summed E-state index contributed by atoms with van der Waals surface area (Å²) >= 11 is 12.4. The second-order valence-electron chi connectivity index (χ2n) is 5.79. The van der Waals surface area contributed by atoms with Crippen LogP contribution in [-0.4, -0.2) is 9.97 Å². The summed E-state index contributed by atoms with van der Waals surface area (Å²) in [5.74, 6) is 0.237. The quantitative estimate of drug-likeness (QED) is 0.430. The minimum absolute atomic E-state index is 0.121. The summed E-state index contributed by atoms with van der Waals surface area (Å²) in [5, 5.41) is 4.20. The summed E-state index contributed by atoms with van der Waals surface area (Å²) in [7, 11) is 0. The molecule has 4 aromatic rings. The lowest BCUT2D eigenvalue weighted by Gasteiger charge is -2.08. The average molecular weight is 409 g/mol. The van der Waals surface area contributed by atoms with Gasteiger partial charge in [0.2, 0.25) is 11.7 Å². The van der Waals surface area contributed by atoms with Crippen LogP contribution in [-0.2, 0) is 0 Å². The monoisotopic (exact) mass is 408 g/mol. The molecule has 2 aromatic carbocycles. The number of hydrogen-bond donors (Lipinski definition) is 1. The van der Waals surface area contributed by atoms with E-state index >= 15 is 0 Å². The van der Waals surface area contributed by atoms with E-state index in [9.17, 15) is 4.79 Å². The summed E-state index contributed by atoms with van der Waals surface area (Å²) < 4.78 is 5.37. The molecule has 0 radical (unpaired) electrons. The van der Waals surface area contributed by atoms with Gasteiger partial charge in [-0.05, 0) is 30.3 Å². The molecule has 0 saturated carbocycles. The van der Waals surface area contributed by atoms with Crippen LogP contribution in [0.2, 0.25) is 10.0 Å². The first-order valence-electron chi connectivity index (χ1n) is 8.05. The van der Waals surface area contributed by atoms with Gasteiger partial charge in [0, 0.05) is 17.4 Å². The second-order valence-corrected chi connectivity index (χ2v) is 6.60. The topological polar surface area (TPSA) is 72.4 Å². The Bertz CT molecular complexity index is 1290. The van der Waals surface area contributed by atoms with Gasteiger partial charge in [-0.25, -0.2) is 14.6 Å². The van der Waals surface area contributed by atoms with Crippen molar-refractivity contribution in [1.82, 2.24) is 9.97 Å². The molecule has 0 atom stereocenters. The van der Waals surface area contributed by atoms with Crippen LogP contribution >= 0.6 is 23.2 Å². The number of anilines is 2. The zero-order chi connectivity index (χ0) is 19.7. The van der Waals surface area contributed by atoms with Gasteiger partial charge < -0.3 is 9.73 Å². The van der Waals surface area contributed by atoms with E-state index in [1.54, 1.807) is 48.5 Å². The van der Waals surface area contributed by atoms with Crippen LogP contribution < -0.4 is 10.9 Å². The number of nitrogens with zero attached hydrogens (tertiary/aromatic N) is 3. The Hall–Kier alpha value is -3.40. The Morgan fingerprint density at radius 2 is 1.82 bits per heavy atom. The molecule has 28 heavy (non-hydrogen) atoms. The van der Waals surface area contributed by atoms with Crippen LogP contribution in [0, 0.1) is 6.57 Å². The van der Waals surface area contributed by atoms with Gasteiger partial charge in [-0.15, -0.1) is 0 Å². The fourth-order valence-corrected chi connectivity index (χ4v) is 3.29. The molecule has 1 N–H and O–H groups in total. The highest BCUT2D eigenvalue weighted by Gasteiger charge is 2.15. The Balaban J connectivity index is 1.76. The highest BCUT2D eigenvalue weighted by Crippen LogP contribution is 2.33. The van der Waals surface area contributed by atoms with E-state index in [-0.39, 0.29) is 17.2 Å². The molecular formula is C20H10Cl2N4O2. The standard InChI is InChI=1S/C20H10Cl2N4O2/c1-23-12-4-2-5-13(9-12)25-20-24-10-11-8-14(19(27)28-18(11)26-20)17-15(21)6-3-7-16(17)22/h2-10H,(H,24,25,26). The molecule has 136 valence electrons. The van der Waals surface area contributed by atoms with Crippen molar-refractivity contribution in [3.05, 3.63) is 86.6 Å². The number of fused-ring (bicyclic) bond motifs is 1. The van der Waals surface area contributed by atoms with Crippen molar-refractivity contribution >= 4 is 51.6 Å². The van der Waals surface area contributed by atoms with E-state index in [0.717, 1.165) is 0 Å². The Labute approximate surface area is 169 Å². The maximum absolute atomic E-state index is 12.5. The predicted octanol–water partition coefficient (Wildman–Crippen LogP) is 5.85. The lowest BCUT2D eigenvalue weighted by molar-refractivity contribution is 0.551. The van der Waals surface area contributed by atoms with Crippen LogP contribution in [0.25, 0.3) is 27.1 Å². The Morgan fingerprint density at radius 3 is 2.57 bits per heavy atom. The van der Waals surface area contributed by atoms with E-state index in [4.69, 9.17) is 34.2 Å². The molecule has 0 aliphatic heterocycles. The third-order valence-electron chi connectivity index (χ3n) is 3.95. The first kappa shape index (κ1) is 18.0. The van der Waals surface area contributed by atoms with Gasteiger partial charge in [-0.1, -0.05) is 41.4 Å². The maximum Gasteiger partial charge on any atom is 0.345 e. The van der Waals surface area contributed by atoms with Crippen LogP contribution in [0.5, 0.6) is 0 Å². The van der Waals surface area contributed by atoms with Crippen molar-refractivity contribution in [3.8, 4) is 11.1 Å². The van der Waals surface area contributed by atoms with E-state index in [2.05, 4.69) is 20.1 Å². The van der Waals surface area contributed by atoms with E-state index in [1.807, 2.05) is 0 Å². The molecule has 0 aliphatic carbocycles. The molecule has 8 heteroatoms. The average Bonchev–Trinajstić information content (AvgIpc) is 2.68. The number of aromatic nitrogens is 2. The maximum atomic E-state index is 12.5. The van der Waals surface area contributed by atoms with Gasteiger partial charge in [0.15, 0.2) is 5.69 Å². The van der Waals surface area contributed by atoms with Crippen LogP contribution in [0.4, 0.5) is 17.3 Å². The molecule has 2 heterocycles. The van der Waals surface area contributed by atoms with Gasteiger partial charge in [-0.2, -0.15) is 4.98 Å². The molecule has 4 rings (SSSR count). The van der Waals surface area contributed by atoms with Crippen molar-refractivity contribution in [2.24, 2.45) is 0 Å². The van der Waals surface area contributed by atoms with Crippen LogP contribution in [0.1, 0.15) is 0 Å². The lowest BCUT2D eigenvalue weighted by Crippen LogP contribution is -2.05. The highest BCUT2D eigenvalue weighted by molar-refractivity contribution is 6.39. The largest absolute Gasteiger partial charge is 0.403 e. The van der Waals surface area contributed by atoms with Gasteiger partial charge >= 0.3 is 5.63 Å². The normalized spacial score (nSPS) is 10.6. The molecule has 6 nitrogen and oxygen atoms in total. The Kier molecular flexibility index (Phi) is 4.70. The molecule has 0 bridgehead atoms. The van der Waals surface area contributed by atoms with Crippen molar-refractivity contribution in [3.63, 3.8) is 0 Å². The molecule has 0 unspecified atom stereocenters. The fourth-order valence-electron chi connectivity index (χ4n) is 2.69. The van der Waals surface area contributed by atoms with E-state index < -0.39 is 5.63 Å². The zero-order valence-corrected chi connectivity index (χ0v) is 15.6. The molecule has 0 aliphatic rings. The van der Waals surface area contributed by atoms with Gasteiger partial charge in [0.25, 0.3) is 0 Å². The third-order valence-corrected chi connectivity index (χ3v) is 4.58. The second kappa shape index (κ2) is 7.31. The number of halogens is 2. The summed E-state index contributed by atoms with van der Waals surface area (Å²) in [4.78, 5) is 24.3. The molecule has 0 spiro atoms. The van der Waals surface area contributed by atoms with Gasteiger partial charge in [0.05, 0.1) is 27.6 Å². The summed E-state index contributed by atoms with van der Waals surface area (Å²) in [6.07, 6.45) is 1.53. The van der Waals surface area contributed by atoms with Crippen molar-refractivity contribution in [2.75, 3.05) is 5.32 Å². The van der Waals surface area contributed by atoms with Crippen molar-refractivity contribution in [1.29, 1.82) is 0 Å². The number of benzene rings is 2. The number of rotatable bonds is 3. The van der Waals surface area contributed by atoms with E-state index in [1.165, 1.54) is 6.20 Å². The van der Waals surface area contributed by atoms with Crippen molar-refractivity contribution < 1.29 is 4.42 Å². The van der Waals surface area contributed by atoms with Gasteiger partial charge in [0.1, 0.15) is 0 Å². The summed E-state index contributed by atoms with van der Waals surface area (Å²) in [5.41, 5.74) is 1.28. The zero-order valence-electron chi connectivity index (χ0n) is 14.1.